The zero-order valence-corrected chi connectivity index (χ0v) is 24.8. The van der Waals surface area contributed by atoms with Crippen LogP contribution in [-0.2, 0) is 30.4 Å². The Kier molecular flexibility index (Phi) is 13.9. The summed E-state index contributed by atoms with van der Waals surface area (Å²) >= 11 is 0. The quantitative estimate of drug-likeness (QED) is 0.196. The Balaban J connectivity index is 0.000000563. The Hall–Kier alpha value is -3.06. The molecule has 0 bridgehead atoms. The van der Waals surface area contributed by atoms with Crippen LogP contribution in [0.3, 0.4) is 0 Å². The van der Waals surface area contributed by atoms with Gasteiger partial charge in [0, 0.05) is 36.4 Å². The van der Waals surface area contributed by atoms with E-state index < -0.39 is 76.9 Å². The molecule has 3 rings (SSSR count). The van der Waals surface area contributed by atoms with Crippen molar-refractivity contribution in [1.82, 2.24) is 0 Å². The number of nitro benzene ring substituents is 3. The second-order valence-corrected chi connectivity index (χ2v) is 10.8. The van der Waals surface area contributed by atoms with Gasteiger partial charge in [-0.05, 0) is 18.2 Å². The molecular formula is C18H12N3NdO15S3. The first-order chi connectivity index (χ1) is 17.7. The van der Waals surface area contributed by atoms with E-state index in [1.54, 1.807) is 0 Å². The van der Waals surface area contributed by atoms with Gasteiger partial charge >= 0.3 is 40.8 Å². The third-order valence-electron chi connectivity index (χ3n) is 3.95. The van der Waals surface area contributed by atoms with E-state index in [-0.39, 0.29) is 40.8 Å². The number of nitrogens with zero attached hydrogens (tertiary/aromatic N) is 3. The Labute approximate surface area is 257 Å². The van der Waals surface area contributed by atoms with Crippen molar-refractivity contribution in [2.75, 3.05) is 0 Å². The summed E-state index contributed by atoms with van der Waals surface area (Å²) in [5, 5.41) is 30.6. The molecule has 3 aromatic carbocycles. The number of nitro groups is 3. The molecular weight excluding hydrogens is 739 g/mol. The fourth-order valence-electron chi connectivity index (χ4n) is 2.26. The topological polar surface area (TPSA) is 301 Å². The number of hydrogen-bond donors (Lipinski definition) is 0. The van der Waals surface area contributed by atoms with Crippen molar-refractivity contribution in [2.24, 2.45) is 0 Å². The average Bonchev–Trinajstić information content (AvgIpc) is 2.83. The van der Waals surface area contributed by atoms with Crippen LogP contribution in [0.4, 0.5) is 17.1 Å². The van der Waals surface area contributed by atoms with Crippen LogP contribution in [0, 0.1) is 71.2 Å². The van der Waals surface area contributed by atoms with Crippen LogP contribution >= 0.6 is 0 Å². The van der Waals surface area contributed by atoms with Crippen LogP contribution in [-0.4, -0.2) is 53.7 Å². The van der Waals surface area contributed by atoms with E-state index in [1.807, 2.05) is 0 Å². The monoisotopic (exact) mass is 748 g/mol. The molecule has 0 aliphatic heterocycles. The van der Waals surface area contributed by atoms with Crippen molar-refractivity contribution >= 4 is 47.4 Å². The minimum Gasteiger partial charge on any atom is -0.744 e. The van der Waals surface area contributed by atoms with E-state index in [2.05, 4.69) is 0 Å². The van der Waals surface area contributed by atoms with Crippen molar-refractivity contribution in [1.29, 1.82) is 0 Å². The summed E-state index contributed by atoms with van der Waals surface area (Å²) in [6, 6.07) is 11.9. The van der Waals surface area contributed by atoms with Crippen LogP contribution in [0.2, 0.25) is 0 Å². The van der Waals surface area contributed by atoms with Gasteiger partial charge in [0.05, 0.1) is 29.5 Å². The van der Waals surface area contributed by atoms with Gasteiger partial charge in [-0.15, -0.1) is 0 Å². The van der Waals surface area contributed by atoms with Crippen LogP contribution in [0.15, 0.2) is 87.5 Å². The second-order valence-electron chi connectivity index (χ2n) is 6.63. The Morgan fingerprint density at radius 2 is 0.650 bits per heavy atom. The summed E-state index contributed by atoms with van der Waals surface area (Å²) in [6.45, 7) is 0. The molecule has 0 saturated heterocycles. The first kappa shape index (κ1) is 36.9. The molecule has 0 unspecified atom stereocenters. The first-order valence-electron chi connectivity index (χ1n) is 9.34. The predicted octanol–water partition coefficient (Wildman–Crippen LogP) is 1.50. The SMILES string of the molecule is O=[N+]([O-])c1cccc(S(=O)(=O)[O-])c1.O=[N+]([O-])c1cccc(S(=O)(=O)[O-])c1.O=[N+]([O-])c1cccc(S(=O)(=O)[O-])c1.[Nd+3]. The van der Waals surface area contributed by atoms with E-state index in [0.29, 0.717) is 0 Å². The van der Waals surface area contributed by atoms with Gasteiger partial charge in [-0.3, -0.25) is 30.3 Å². The van der Waals surface area contributed by atoms with Crippen molar-refractivity contribution in [3.05, 3.63) is 103 Å². The maximum absolute atomic E-state index is 10.4. The summed E-state index contributed by atoms with van der Waals surface area (Å²) in [6.07, 6.45) is 0. The first-order valence-corrected chi connectivity index (χ1v) is 13.6. The van der Waals surface area contributed by atoms with E-state index in [9.17, 15) is 69.3 Å². The normalized spacial score (nSPS) is 10.9. The van der Waals surface area contributed by atoms with Gasteiger partial charge in [0.2, 0.25) is 0 Å². The standard InChI is InChI=1S/3C6H5NO5S.Nd/c3*8-7(9)5-2-1-3-6(4-5)13(10,11)12;/h3*1-4H,(H,10,11,12);/q;;;+3/p-3. The number of non-ortho nitro benzene ring substituents is 3. The third kappa shape index (κ3) is 12.4. The summed E-state index contributed by atoms with van der Waals surface area (Å²) in [5.74, 6) is 0. The van der Waals surface area contributed by atoms with Gasteiger partial charge in [-0.2, -0.15) is 0 Å². The molecule has 0 atom stereocenters. The Morgan fingerprint density at radius 3 is 0.800 bits per heavy atom. The molecule has 0 amide bonds. The molecule has 0 aromatic heterocycles. The number of hydrogen-bond acceptors (Lipinski definition) is 15. The summed E-state index contributed by atoms with van der Waals surface area (Å²) in [5.41, 5.74) is -1.26. The predicted molar refractivity (Wildman–Crippen MR) is 123 cm³/mol. The van der Waals surface area contributed by atoms with Crippen molar-refractivity contribution < 1.29 is 94.5 Å². The zero-order chi connectivity index (χ0) is 30.2. The molecule has 0 aliphatic rings. The molecule has 18 nitrogen and oxygen atoms in total. The van der Waals surface area contributed by atoms with E-state index >= 15 is 0 Å². The van der Waals surface area contributed by atoms with Gasteiger partial charge in [0.15, 0.2) is 0 Å². The van der Waals surface area contributed by atoms with Crippen molar-refractivity contribution in [3.63, 3.8) is 0 Å². The molecule has 0 saturated carbocycles. The smallest absolute Gasteiger partial charge is 0.744 e. The van der Waals surface area contributed by atoms with Gasteiger partial charge in [-0.25, -0.2) is 25.3 Å². The van der Waals surface area contributed by atoms with E-state index in [4.69, 9.17) is 0 Å². The van der Waals surface area contributed by atoms with Crippen LogP contribution < -0.4 is 0 Å². The van der Waals surface area contributed by atoms with Gasteiger partial charge in [0.1, 0.15) is 30.4 Å². The molecule has 40 heavy (non-hydrogen) atoms. The Bertz CT molecular complexity index is 1520. The average molecular weight is 751 g/mol. The van der Waals surface area contributed by atoms with Crippen LogP contribution in [0.1, 0.15) is 0 Å². The molecule has 0 aliphatic carbocycles. The zero-order valence-electron chi connectivity index (χ0n) is 19.1. The van der Waals surface area contributed by atoms with Gasteiger partial charge in [0.25, 0.3) is 17.1 Å². The van der Waals surface area contributed by atoms with Gasteiger partial charge in [-0.1, -0.05) is 18.2 Å². The molecule has 0 fully saturated rings. The molecule has 211 valence electrons. The van der Waals surface area contributed by atoms with E-state index in [1.165, 1.54) is 0 Å². The summed E-state index contributed by atoms with van der Waals surface area (Å²) in [4.78, 5) is 26.5. The molecule has 1 radical (unpaired) electrons. The number of benzene rings is 3. The second kappa shape index (κ2) is 15.1. The Morgan fingerprint density at radius 1 is 0.450 bits per heavy atom. The fraction of sp³-hybridized carbons (Fsp3) is 0. The molecule has 0 spiro atoms. The maximum atomic E-state index is 10.4. The minimum atomic E-state index is -4.61. The summed E-state index contributed by atoms with van der Waals surface area (Å²) < 4.78 is 93.9. The van der Waals surface area contributed by atoms with Gasteiger partial charge < -0.3 is 13.7 Å². The molecule has 0 heterocycles. The molecule has 3 aromatic rings. The largest absolute Gasteiger partial charge is 3.00 e. The van der Waals surface area contributed by atoms with Crippen molar-refractivity contribution in [2.45, 2.75) is 14.7 Å². The van der Waals surface area contributed by atoms with Crippen molar-refractivity contribution in [3.8, 4) is 0 Å². The number of rotatable bonds is 6. The maximum Gasteiger partial charge on any atom is 3.00 e. The third-order valence-corrected chi connectivity index (χ3v) is 6.45. The van der Waals surface area contributed by atoms with Crippen LogP contribution in [0.25, 0.3) is 0 Å². The van der Waals surface area contributed by atoms with Crippen LogP contribution in [0.5, 0.6) is 0 Å². The fourth-order valence-corrected chi connectivity index (χ4v) is 3.79. The summed E-state index contributed by atoms with van der Waals surface area (Å²) in [7, 11) is -13.8. The molecule has 0 N–H and O–H groups in total. The van der Waals surface area contributed by atoms with E-state index in [0.717, 1.165) is 72.8 Å². The minimum absolute atomic E-state index is 0. The molecule has 22 heteroatoms.